The van der Waals surface area contributed by atoms with Gasteiger partial charge in [0, 0.05) is 38.8 Å². The highest BCUT2D eigenvalue weighted by atomic mass is 16.5. The van der Waals surface area contributed by atoms with Crippen molar-refractivity contribution in [1.29, 1.82) is 0 Å². The number of aromatic nitrogens is 2. The van der Waals surface area contributed by atoms with E-state index in [4.69, 9.17) is 4.74 Å². The molecule has 4 atom stereocenters. The van der Waals surface area contributed by atoms with Gasteiger partial charge in [0.1, 0.15) is 0 Å². The van der Waals surface area contributed by atoms with E-state index >= 15 is 0 Å². The Bertz CT molecular complexity index is 516. The first kappa shape index (κ1) is 14.5. The maximum atomic E-state index is 13.0. The number of hydrogen-bond donors (Lipinski definition) is 1. The molecule has 0 bridgehead atoms. The lowest BCUT2D eigenvalue weighted by Crippen LogP contribution is -2.52. The van der Waals surface area contributed by atoms with Crippen LogP contribution < -0.4 is 5.32 Å². The van der Waals surface area contributed by atoms with Crippen LogP contribution in [0.15, 0.2) is 12.4 Å². The van der Waals surface area contributed by atoms with Crippen LogP contribution in [0.2, 0.25) is 0 Å². The van der Waals surface area contributed by atoms with Crippen LogP contribution in [-0.4, -0.2) is 59.0 Å². The molecular weight excluding hydrogens is 268 g/mol. The van der Waals surface area contributed by atoms with Crippen molar-refractivity contribution >= 4 is 5.91 Å². The minimum absolute atomic E-state index is 0.00181. The van der Waals surface area contributed by atoms with E-state index in [9.17, 15) is 4.79 Å². The molecule has 2 aliphatic rings. The molecule has 116 valence electrons. The zero-order valence-corrected chi connectivity index (χ0v) is 13.0. The molecule has 6 heteroatoms. The van der Waals surface area contributed by atoms with Gasteiger partial charge in [0.2, 0.25) is 5.91 Å². The summed E-state index contributed by atoms with van der Waals surface area (Å²) in [6.45, 7) is 7.00. The third kappa shape index (κ3) is 2.82. The van der Waals surface area contributed by atoms with Crippen LogP contribution in [0.5, 0.6) is 0 Å². The molecule has 2 aliphatic heterocycles. The molecule has 1 N–H and O–H groups in total. The monoisotopic (exact) mass is 292 g/mol. The molecule has 2 unspecified atom stereocenters. The summed E-state index contributed by atoms with van der Waals surface area (Å²) in [6, 6.07) is 0.156. The Balaban J connectivity index is 1.76. The van der Waals surface area contributed by atoms with E-state index in [-0.39, 0.29) is 29.9 Å². The first-order valence-electron chi connectivity index (χ1n) is 7.67. The zero-order chi connectivity index (χ0) is 15.0. The van der Waals surface area contributed by atoms with Gasteiger partial charge in [0.05, 0.1) is 30.9 Å². The summed E-state index contributed by atoms with van der Waals surface area (Å²) in [5, 5.41) is 7.60. The van der Waals surface area contributed by atoms with E-state index in [1.807, 2.05) is 31.3 Å². The van der Waals surface area contributed by atoms with Crippen LogP contribution in [0, 0.1) is 5.92 Å². The van der Waals surface area contributed by atoms with E-state index in [2.05, 4.69) is 17.3 Å². The Morgan fingerprint density at radius 1 is 1.43 bits per heavy atom. The Labute approximate surface area is 125 Å². The Morgan fingerprint density at radius 3 is 2.95 bits per heavy atom. The average molecular weight is 292 g/mol. The maximum Gasteiger partial charge on any atom is 0.228 e. The maximum absolute atomic E-state index is 13.0. The molecule has 3 heterocycles. The molecular formula is C15H24N4O2. The quantitative estimate of drug-likeness (QED) is 0.855. The molecule has 3 rings (SSSR count). The van der Waals surface area contributed by atoms with Crippen molar-refractivity contribution in [2.75, 3.05) is 26.2 Å². The molecule has 1 aromatic rings. The standard InChI is InChI=1S/C15H24N4O2/c1-10-9-21-11(2)7-19(10)15(20)14-6-16-5-13(14)12-4-17-18(3)8-12/h4,8,10-11,13-14,16H,5-7,9H2,1-3H3/t10?,11?,13-,14+/m1/s1. The molecule has 2 fully saturated rings. The van der Waals surface area contributed by atoms with Gasteiger partial charge in [-0.2, -0.15) is 5.10 Å². The van der Waals surface area contributed by atoms with Gasteiger partial charge in [0.25, 0.3) is 0 Å². The third-order valence-corrected chi connectivity index (χ3v) is 4.58. The van der Waals surface area contributed by atoms with Crippen molar-refractivity contribution in [3.05, 3.63) is 18.0 Å². The fourth-order valence-electron chi connectivity index (χ4n) is 3.34. The van der Waals surface area contributed by atoms with E-state index in [1.165, 1.54) is 0 Å². The number of nitrogens with zero attached hydrogens (tertiary/aromatic N) is 3. The van der Waals surface area contributed by atoms with Gasteiger partial charge < -0.3 is 15.0 Å². The fraction of sp³-hybridized carbons (Fsp3) is 0.733. The van der Waals surface area contributed by atoms with Crippen molar-refractivity contribution in [2.45, 2.75) is 31.9 Å². The molecule has 1 aromatic heterocycles. The van der Waals surface area contributed by atoms with Crippen LogP contribution in [0.4, 0.5) is 0 Å². The second-order valence-corrected chi connectivity index (χ2v) is 6.30. The highest BCUT2D eigenvalue weighted by Gasteiger charge is 2.39. The molecule has 21 heavy (non-hydrogen) atoms. The summed E-state index contributed by atoms with van der Waals surface area (Å²) in [6.07, 6.45) is 4.02. The first-order valence-corrected chi connectivity index (χ1v) is 7.67. The predicted octanol–water partition coefficient (Wildman–Crippen LogP) is 0.359. The number of carbonyl (C=O) groups excluding carboxylic acids is 1. The number of ether oxygens (including phenoxy) is 1. The van der Waals surface area contributed by atoms with Gasteiger partial charge in [-0.3, -0.25) is 9.48 Å². The van der Waals surface area contributed by atoms with Crippen molar-refractivity contribution < 1.29 is 9.53 Å². The number of hydrogen-bond acceptors (Lipinski definition) is 4. The van der Waals surface area contributed by atoms with Crippen LogP contribution in [0.1, 0.15) is 25.3 Å². The molecule has 1 amide bonds. The van der Waals surface area contributed by atoms with Crippen LogP contribution in [0.25, 0.3) is 0 Å². The van der Waals surface area contributed by atoms with Gasteiger partial charge in [-0.15, -0.1) is 0 Å². The predicted molar refractivity (Wildman–Crippen MR) is 78.9 cm³/mol. The Morgan fingerprint density at radius 2 is 2.24 bits per heavy atom. The Hall–Kier alpha value is -1.40. The first-order chi connectivity index (χ1) is 10.1. The van der Waals surface area contributed by atoms with E-state index in [0.717, 1.165) is 18.7 Å². The largest absolute Gasteiger partial charge is 0.375 e. The third-order valence-electron chi connectivity index (χ3n) is 4.58. The number of nitrogens with one attached hydrogen (secondary N) is 1. The lowest BCUT2D eigenvalue weighted by molar-refractivity contribution is -0.147. The van der Waals surface area contributed by atoms with Crippen LogP contribution >= 0.6 is 0 Å². The topological polar surface area (TPSA) is 59.4 Å². The van der Waals surface area contributed by atoms with Gasteiger partial charge >= 0.3 is 0 Å². The highest BCUT2D eigenvalue weighted by molar-refractivity contribution is 5.81. The number of aryl methyl sites for hydroxylation is 1. The lowest BCUT2D eigenvalue weighted by atomic mass is 9.89. The lowest BCUT2D eigenvalue weighted by Gasteiger charge is -2.38. The molecule has 0 radical (unpaired) electrons. The second kappa shape index (κ2) is 5.77. The van der Waals surface area contributed by atoms with Gasteiger partial charge in [0.15, 0.2) is 0 Å². The molecule has 0 saturated carbocycles. The zero-order valence-electron chi connectivity index (χ0n) is 13.0. The van der Waals surface area contributed by atoms with E-state index in [0.29, 0.717) is 13.2 Å². The number of amides is 1. The number of morpholine rings is 1. The van der Waals surface area contributed by atoms with Gasteiger partial charge in [-0.05, 0) is 19.4 Å². The van der Waals surface area contributed by atoms with Gasteiger partial charge in [-0.25, -0.2) is 0 Å². The average Bonchev–Trinajstić information content (AvgIpc) is 3.09. The van der Waals surface area contributed by atoms with E-state index < -0.39 is 0 Å². The summed E-state index contributed by atoms with van der Waals surface area (Å²) in [4.78, 5) is 14.9. The van der Waals surface area contributed by atoms with Gasteiger partial charge in [-0.1, -0.05) is 0 Å². The highest BCUT2D eigenvalue weighted by Crippen LogP contribution is 2.30. The van der Waals surface area contributed by atoms with E-state index in [1.54, 1.807) is 4.68 Å². The summed E-state index contributed by atoms with van der Waals surface area (Å²) < 4.78 is 7.43. The van der Waals surface area contributed by atoms with Crippen molar-refractivity contribution in [3.8, 4) is 0 Å². The van der Waals surface area contributed by atoms with Crippen molar-refractivity contribution in [1.82, 2.24) is 20.0 Å². The molecule has 2 saturated heterocycles. The van der Waals surface area contributed by atoms with Crippen LogP contribution in [-0.2, 0) is 16.6 Å². The SMILES string of the molecule is CC1CN(C(=O)[C@H]2CNC[C@@H]2c2cnn(C)c2)C(C)CO1. The summed E-state index contributed by atoms with van der Waals surface area (Å²) in [7, 11) is 1.91. The summed E-state index contributed by atoms with van der Waals surface area (Å²) >= 11 is 0. The number of rotatable bonds is 2. The molecule has 0 aromatic carbocycles. The van der Waals surface area contributed by atoms with Crippen LogP contribution in [0.3, 0.4) is 0 Å². The minimum atomic E-state index is 0.00181. The summed E-state index contributed by atoms with van der Waals surface area (Å²) in [5.41, 5.74) is 1.15. The normalized spacial score (nSPS) is 33.4. The second-order valence-electron chi connectivity index (χ2n) is 6.30. The van der Waals surface area contributed by atoms with Crippen molar-refractivity contribution in [2.24, 2.45) is 13.0 Å². The minimum Gasteiger partial charge on any atom is -0.375 e. The molecule has 6 nitrogen and oxygen atoms in total. The molecule has 0 aliphatic carbocycles. The Kier molecular flexibility index (Phi) is 3.99. The fourth-order valence-corrected chi connectivity index (χ4v) is 3.34. The number of carbonyl (C=O) groups is 1. The summed E-state index contributed by atoms with van der Waals surface area (Å²) in [5.74, 6) is 0.468. The molecule has 0 spiro atoms. The van der Waals surface area contributed by atoms with Crippen molar-refractivity contribution in [3.63, 3.8) is 0 Å². The smallest absolute Gasteiger partial charge is 0.228 e.